The van der Waals surface area contributed by atoms with Gasteiger partial charge in [0, 0.05) is 31.7 Å². The van der Waals surface area contributed by atoms with Crippen LogP contribution < -0.4 is 10.2 Å². The van der Waals surface area contributed by atoms with Crippen LogP contribution in [0, 0.1) is 5.92 Å². The van der Waals surface area contributed by atoms with Gasteiger partial charge in [0.15, 0.2) is 0 Å². The van der Waals surface area contributed by atoms with Gasteiger partial charge in [0.1, 0.15) is 0 Å². The molecule has 0 saturated carbocycles. The van der Waals surface area contributed by atoms with Gasteiger partial charge < -0.3 is 15.0 Å². The number of hydrogen-bond acceptors (Lipinski definition) is 3. The molecule has 2 rings (SSSR count). The summed E-state index contributed by atoms with van der Waals surface area (Å²) in [6.07, 6.45) is 1.36. The standard InChI is InChI=1S/C17H26N2O2/c1-14(2)13-18-17(20)8-5-15-3-6-16(7-4-15)19-9-11-21-12-10-19/h3-4,6-7,14H,5,8-13H2,1-2H3,(H,18,20). The van der Waals surface area contributed by atoms with Crippen molar-refractivity contribution in [2.24, 2.45) is 5.92 Å². The van der Waals surface area contributed by atoms with Crippen LogP contribution in [0.5, 0.6) is 0 Å². The molecule has 0 bridgehead atoms. The third-order valence-corrected chi connectivity index (χ3v) is 3.66. The van der Waals surface area contributed by atoms with Gasteiger partial charge in [0.05, 0.1) is 13.2 Å². The highest BCUT2D eigenvalue weighted by Gasteiger charge is 2.11. The summed E-state index contributed by atoms with van der Waals surface area (Å²) in [7, 11) is 0. The monoisotopic (exact) mass is 290 g/mol. The smallest absolute Gasteiger partial charge is 0.220 e. The van der Waals surface area contributed by atoms with Crippen LogP contribution in [-0.4, -0.2) is 38.8 Å². The first-order valence-electron chi connectivity index (χ1n) is 7.83. The van der Waals surface area contributed by atoms with Crippen molar-refractivity contribution in [3.8, 4) is 0 Å². The van der Waals surface area contributed by atoms with Crippen LogP contribution in [-0.2, 0) is 16.0 Å². The molecular weight excluding hydrogens is 264 g/mol. The second-order valence-electron chi connectivity index (χ2n) is 5.96. The van der Waals surface area contributed by atoms with Crippen molar-refractivity contribution in [1.82, 2.24) is 5.32 Å². The molecule has 1 N–H and O–H groups in total. The van der Waals surface area contributed by atoms with Crippen molar-refractivity contribution in [1.29, 1.82) is 0 Å². The van der Waals surface area contributed by atoms with Gasteiger partial charge in [-0.2, -0.15) is 0 Å². The van der Waals surface area contributed by atoms with Crippen LogP contribution in [0.2, 0.25) is 0 Å². The molecule has 0 spiro atoms. The van der Waals surface area contributed by atoms with Crippen LogP contribution in [0.25, 0.3) is 0 Å². The van der Waals surface area contributed by atoms with Gasteiger partial charge in [-0.3, -0.25) is 4.79 Å². The van der Waals surface area contributed by atoms with Gasteiger partial charge in [0.2, 0.25) is 5.91 Å². The normalized spacial score (nSPS) is 15.3. The molecule has 0 radical (unpaired) electrons. The number of anilines is 1. The van der Waals surface area contributed by atoms with Crippen molar-refractivity contribution in [3.05, 3.63) is 29.8 Å². The third kappa shape index (κ3) is 5.38. The third-order valence-electron chi connectivity index (χ3n) is 3.66. The molecule has 4 heteroatoms. The Kier molecular flexibility index (Phi) is 6.05. The first-order valence-corrected chi connectivity index (χ1v) is 7.83. The minimum absolute atomic E-state index is 0.140. The molecular formula is C17H26N2O2. The van der Waals surface area contributed by atoms with Crippen molar-refractivity contribution >= 4 is 11.6 Å². The Hall–Kier alpha value is -1.55. The zero-order valence-corrected chi connectivity index (χ0v) is 13.1. The Labute approximate surface area is 127 Å². The maximum Gasteiger partial charge on any atom is 0.220 e. The zero-order valence-electron chi connectivity index (χ0n) is 13.1. The summed E-state index contributed by atoms with van der Waals surface area (Å²) in [5.41, 5.74) is 2.46. The second-order valence-corrected chi connectivity index (χ2v) is 5.96. The van der Waals surface area contributed by atoms with E-state index in [2.05, 4.69) is 48.3 Å². The lowest BCUT2D eigenvalue weighted by molar-refractivity contribution is -0.121. The molecule has 0 unspecified atom stereocenters. The van der Waals surface area contributed by atoms with Gasteiger partial charge in [-0.25, -0.2) is 0 Å². The van der Waals surface area contributed by atoms with Crippen LogP contribution >= 0.6 is 0 Å². The van der Waals surface area contributed by atoms with E-state index in [1.807, 2.05) is 0 Å². The van der Waals surface area contributed by atoms with E-state index in [0.717, 1.165) is 39.3 Å². The SMILES string of the molecule is CC(C)CNC(=O)CCc1ccc(N2CCOCC2)cc1. The second kappa shape index (κ2) is 8.03. The number of hydrogen-bond donors (Lipinski definition) is 1. The number of carbonyl (C=O) groups excluding carboxylic acids is 1. The predicted molar refractivity (Wildman–Crippen MR) is 85.6 cm³/mol. The first kappa shape index (κ1) is 15.8. The Balaban J connectivity index is 1.78. The van der Waals surface area contributed by atoms with Gasteiger partial charge in [-0.05, 0) is 30.0 Å². The summed E-state index contributed by atoms with van der Waals surface area (Å²) in [6, 6.07) is 8.54. The molecule has 1 amide bonds. The quantitative estimate of drug-likeness (QED) is 0.873. The number of nitrogens with one attached hydrogen (secondary N) is 1. The zero-order chi connectivity index (χ0) is 15.1. The molecule has 0 aromatic heterocycles. The Morgan fingerprint density at radius 2 is 1.90 bits per heavy atom. The molecule has 116 valence electrons. The largest absolute Gasteiger partial charge is 0.378 e. The Morgan fingerprint density at radius 1 is 1.24 bits per heavy atom. The van der Waals surface area contributed by atoms with E-state index < -0.39 is 0 Å². The predicted octanol–water partition coefficient (Wildman–Crippen LogP) is 2.23. The average Bonchev–Trinajstić information content (AvgIpc) is 2.52. The molecule has 1 heterocycles. The summed E-state index contributed by atoms with van der Waals surface area (Å²) >= 11 is 0. The van der Waals surface area contributed by atoms with Gasteiger partial charge in [-0.15, -0.1) is 0 Å². The number of ether oxygens (including phenoxy) is 1. The number of aryl methyl sites for hydroxylation is 1. The van der Waals surface area contributed by atoms with Gasteiger partial charge in [0.25, 0.3) is 0 Å². The summed E-state index contributed by atoms with van der Waals surface area (Å²) in [5, 5.41) is 2.95. The number of benzene rings is 1. The summed E-state index contributed by atoms with van der Waals surface area (Å²) < 4.78 is 5.36. The molecule has 0 atom stereocenters. The highest BCUT2D eigenvalue weighted by molar-refractivity contribution is 5.76. The van der Waals surface area contributed by atoms with Crippen LogP contribution in [0.1, 0.15) is 25.8 Å². The fourth-order valence-electron chi connectivity index (χ4n) is 2.36. The summed E-state index contributed by atoms with van der Waals surface area (Å²) in [6.45, 7) is 8.48. The van der Waals surface area contributed by atoms with Crippen LogP contribution in [0.15, 0.2) is 24.3 Å². The lowest BCUT2D eigenvalue weighted by Crippen LogP contribution is -2.36. The van der Waals surface area contributed by atoms with E-state index >= 15 is 0 Å². The molecule has 21 heavy (non-hydrogen) atoms. The highest BCUT2D eigenvalue weighted by Crippen LogP contribution is 2.17. The molecule has 1 aliphatic rings. The average molecular weight is 290 g/mol. The summed E-state index contributed by atoms with van der Waals surface area (Å²) in [5.74, 6) is 0.641. The number of rotatable bonds is 6. The Morgan fingerprint density at radius 3 is 2.52 bits per heavy atom. The van der Waals surface area contributed by atoms with E-state index in [-0.39, 0.29) is 5.91 Å². The van der Waals surface area contributed by atoms with Gasteiger partial charge in [-0.1, -0.05) is 26.0 Å². The van der Waals surface area contributed by atoms with Crippen molar-refractivity contribution in [2.75, 3.05) is 37.7 Å². The lowest BCUT2D eigenvalue weighted by atomic mass is 10.1. The number of amides is 1. The molecule has 1 aliphatic heterocycles. The molecule has 1 fully saturated rings. The molecule has 1 aromatic carbocycles. The van der Waals surface area contributed by atoms with Crippen molar-refractivity contribution in [3.63, 3.8) is 0 Å². The fraction of sp³-hybridized carbons (Fsp3) is 0.588. The number of morpholine rings is 1. The molecule has 1 aromatic rings. The summed E-state index contributed by atoms with van der Waals surface area (Å²) in [4.78, 5) is 14.0. The van der Waals surface area contributed by atoms with E-state index in [4.69, 9.17) is 4.74 Å². The lowest BCUT2D eigenvalue weighted by Gasteiger charge is -2.28. The van der Waals surface area contributed by atoms with E-state index in [1.54, 1.807) is 0 Å². The maximum atomic E-state index is 11.7. The number of nitrogens with zero attached hydrogens (tertiary/aromatic N) is 1. The van der Waals surface area contributed by atoms with Crippen molar-refractivity contribution in [2.45, 2.75) is 26.7 Å². The Bertz CT molecular complexity index is 437. The van der Waals surface area contributed by atoms with Crippen LogP contribution in [0.3, 0.4) is 0 Å². The van der Waals surface area contributed by atoms with Gasteiger partial charge >= 0.3 is 0 Å². The van der Waals surface area contributed by atoms with E-state index in [0.29, 0.717) is 12.3 Å². The highest BCUT2D eigenvalue weighted by atomic mass is 16.5. The minimum atomic E-state index is 0.140. The molecule has 4 nitrogen and oxygen atoms in total. The number of carbonyl (C=O) groups is 1. The van der Waals surface area contributed by atoms with E-state index in [1.165, 1.54) is 11.3 Å². The van der Waals surface area contributed by atoms with E-state index in [9.17, 15) is 4.79 Å². The molecule has 0 aliphatic carbocycles. The van der Waals surface area contributed by atoms with Crippen molar-refractivity contribution < 1.29 is 9.53 Å². The topological polar surface area (TPSA) is 41.6 Å². The van der Waals surface area contributed by atoms with Crippen LogP contribution in [0.4, 0.5) is 5.69 Å². The fourth-order valence-corrected chi connectivity index (χ4v) is 2.36. The first-order chi connectivity index (χ1) is 10.1. The minimum Gasteiger partial charge on any atom is -0.378 e. The molecule has 1 saturated heterocycles. The maximum absolute atomic E-state index is 11.7.